The first-order chi connectivity index (χ1) is 10.2. The van der Waals surface area contributed by atoms with E-state index in [0.29, 0.717) is 12.5 Å². The minimum atomic E-state index is 0. The zero-order valence-corrected chi connectivity index (χ0v) is 14.1. The van der Waals surface area contributed by atoms with E-state index in [-0.39, 0.29) is 18.3 Å². The van der Waals surface area contributed by atoms with Crippen molar-refractivity contribution in [3.63, 3.8) is 0 Å². The molecule has 0 saturated heterocycles. The molecule has 0 unspecified atom stereocenters. The van der Waals surface area contributed by atoms with E-state index < -0.39 is 0 Å². The molecule has 3 rings (SSSR count). The molecule has 1 fully saturated rings. The monoisotopic (exact) mass is 337 g/mol. The maximum Gasteiger partial charge on any atom is 0.224 e. The topological polar surface area (TPSA) is 54.0 Å². The molecule has 1 amide bonds. The number of rotatable bonds is 6. The highest BCUT2D eigenvalue weighted by atomic mass is 35.5. The molecule has 2 N–H and O–H groups in total. The van der Waals surface area contributed by atoms with Gasteiger partial charge < -0.3 is 10.6 Å². The molecule has 0 spiro atoms. The second-order valence-corrected chi connectivity index (χ2v) is 6.19. The van der Waals surface area contributed by atoms with Gasteiger partial charge in [0.05, 0.1) is 5.69 Å². The van der Waals surface area contributed by atoms with Gasteiger partial charge in [0, 0.05) is 29.1 Å². The summed E-state index contributed by atoms with van der Waals surface area (Å²) in [6, 6.07) is 8.47. The smallest absolute Gasteiger partial charge is 0.224 e. The fraction of sp³-hybridized carbons (Fsp3) is 0.375. The van der Waals surface area contributed by atoms with Gasteiger partial charge in [0.2, 0.25) is 5.91 Å². The Hall–Kier alpha value is -1.59. The summed E-state index contributed by atoms with van der Waals surface area (Å²) < 4.78 is 0. The van der Waals surface area contributed by atoms with Gasteiger partial charge in [-0.2, -0.15) is 0 Å². The fourth-order valence-electron chi connectivity index (χ4n) is 2.05. The summed E-state index contributed by atoms with van der Waals surface area (Å²) >= 11 is 1.64. The summed E-state index contributed by atoms with van der Waals surface area (Å²) in [7, 11) is 0. The van der Waals surface area contributed by atoms with E-state index in [2.05, 4.69) is 21.0 Å². The van der Waals surface area contributed by atoms with Crippen LogP contribution in [-0.2, 0) is 4.79 Å². The standard InChI is InChI=1S/C16H19N3OS.ClH/c1-2-3-15(20)17-12-6-4-11(5-7-12)14-10-21-16(19-14)18-13-8-9-13;/h4-7,10,13H,2-3,8-9H2,1H3,(H,17,20)(H,18,19);1H. The summed E-state index contributed by atoms with van der Waals surface area (Å²) in [5, 5.41) is 9.36. The maximum absolute atomic E-state index is 11.5. The second kappa shape index (κ2) is 7.61. The van der Waals surface area contributed by atoms with Crippen molar-refractivity contribution in [3.8, 4) is 11.3 Å². The molecule has 1 aromatic carbocycles. The van der Waals surface area contributed by atoms with E-state index >= 15 is 0 Å². The first-order valence-corrected chi connectivity index (χ1v) is 8.25. The highest BCUT2D eigenvalue weighted by Gasteiger charge is 2.22. The van der Waals surface area contributed by atoms with Crippen LogP contribution in [0.1, 0.15) is 32.6 Å². The van der Waals surface area contributed by atoms with E-state index in [1.54, 1.807) is 11.3 Å². The van der Waals surface area contributed by atoms with E-state index in [4.69, 9.17) is 0 Å². The van der Waals surface area contributed by atoms with Gasteiger partial charge in [0.15, 0.2) is 5.13 Å². The molecule has 0 aliphatic heterocycles. The number of amides is 1. The van der Waals surface area contributed by atoms with Crippen molar-refractivity contribution in [1.82, 2.24) is 4.98 Å². The lowest BCUT2D eigenvalue weighted by molar-refractivity contribution is -0.116. The Bertz CT molecular complexity index is 623. The highest BCUT2D eigenvalue weighted by Crippen LogP contribution is 2.30. The van der Waals surface area contributed by atoms with Crippen molar-refractivity contribution in [2.45, 2.75) is 38.6 Å². The predicted molar refractivity (Wildman–Crippen MR) is 95.0 cm³/mol. The number of nitrogens with one attached hydrogen (secondary N) is 2. The van der Waals surface area contributed by atoms with E-state index in [1.807, 2.05) is 31.2 Å². The first-order valence-electron chi connectivity index (χ1n) is 7.37. The third-order valence-corrected chi connectivity index (χ3v) is 4.12. The third-order valence-electron chi connectivity index (χ3n) is 3.35. The SMILES string of the molecule is CCCC(=O)Nc1ccc(-c2csc(NC3CC3)n2)cc1.Cl. The number of benzene rings is 1. The summed E-state index contributed by atoms with van der Waals surface area (Å²) in [4.78, 5) is 16.1. The average Bonchev–Trinajstić information content (AvgIpc) is 3.16. The lowest BCUT2D eigenvalue weighted by Crippen LogP contribution is -2.10. The van der Waals surface area contributed by atoms with Crippen LogP contribution in [0.5, 0.6) is 0 Å². The summed E-state index contributed by atoms with van der Waals surface area (Å²) in [5.41, 5.74) is 2.89. The summed E-state index contributed by atoms with van der Waals surface area (Å²) in [6.07, 6.45) is 3.92. The van der Waals surface area contributed by atoms with Gasteiger partial charge in [-0.15, -0.1) is 23.7 Å². The van der Waals surface area contributed by atoms with Crippen LogP contribution in [0, 0.1) is 0 Å². The van der Waals surface area contributed by atoms with Gasteiger partial charge in [-0.3, -0.25) is 4.79 Å². The number of hydrogen-bond acceptors (Lipinski definition) is 4. The molecule has 1 aliphatic rings. The van der Waals surface area contributed by atoms with Crippen molar-refractivity contribution in [2.75, 3.05) is 10.6 Å². The third kappa shape index (κ3) is 4.45. The lowest BCUT2D eigenvalue weighted by Gasteiger charge is -2.05. The Morgan fingerprint density at radius 2 is 2.05 bits per heavy atom. The number of hydrogen-bond donors (Lipinski definition) is 2. The molecule has 1 aromatic heterocycles. The molecule has 22 heavy (non-hydrogen) atoms. The Balaban J connectivity index is 0.00000176. The Kier molecular flexibility index (Phi) is 5.80. The molecule has 1 heterocycles. The molecule has 0 atom stereocenters. The van der Waals surface area contributed by atoms with Crippen LogP contribution in [0.25, 0.3) is 11.3 Å². The van der Waals surface area contributed by atoms with Gasteiger partial charge in [0.25, 0.3) is 0 Å². The zero-order chi connectivity index (χ0) is 14.7. The second-order valence-electron chi connectivity index (χ2n) is 5.33. The van der Waals surface area contributed by atoms with Crippen molar-refractivity contribution in [2.24, 2.45) is 0 Å². The number of anilines is 2. The Labute approximate surface area is 140 Å². The van der Waals surface area contributed by atoms with Crippen molar-refractivity contribution >= 4 is 40.5 Å². The molecule has 1 aliphatic carbocycles. The average molecular weight is 338 g/mol. The van der Waals surface area contributed by atoms with Crippen LogP contribution >= 0.6 is 23.7 Å². The lowest BCUT2D eigenvalue weighted by atomic mass is 10.1. The largest absolute Gasteiger partial charge is 0.359 e. The molecule has 4 nitrogen and oxygen atoms in total. The minimum Gasteiger partial charge on any atom is -0.359 e. The summed E-state index contributed by atoms with van der Waals surface area (Å²) in [6.45, 7) is 2.00. The number of carbonyl (C=O) groups is 1. The first kappa shape index (κ1) is 16.8. The Morgan fingerprint density at radius 1 is 1.32 bits per heavy atom. The maximum atomic E-state index is 11.5. The quantitative estimate of drug-likeness (QED) is 0.813. The van der Waals surface area contributed by atoms with Crippen LogP contribution in [0.4, 0.5) is 10.8 Å². The normalized spacial score (nSPS) is 13.3. The van der Waals surface area contributed by atoms with Crippen LogP contribution < -0.4 is 10.6 Å². The Morgan fingerprint density at radius 3 is 2.68 bits per heavy atom. The minimum absolute atomic E-state index is 0. The number of halogens is 1. The summed E-state index contributed by atoms with van der Waals surface area (Å²) in [5.74, 6) is 0.0647. The molecule has 0 radical (unpaired) electrons. The highest BCUT2D eigenvalue weighted by molar-refractivity contribution is 7.14. The van der Waals surface area contributed by atoms with Gasteiger partial charge >= 0.3 is 0 Å². The van der Waals surface area contributed by atoms with Crippen molar-refractivity contribution in [3.05, 3.63) is 29.6 Å². The van der Waals surface area contributed by atoms with Gasteiger partial charge in [0.1, 0.15) is 0 Å². The molecule has 118 valence electrons. The predicted octanol–water partition coefficient (Wildman–Crippen LogP) is 4.54. The van der Waals surface area contributed by atoms with E-state index in [1.165, 1.54) is 12.8 Å². The number of nitrogens with zero attached hydrogens (tertiary/aromatic N) is 1. The number of aromatic nitrogens is 1. The van der Waals surface area contributed by atoms with Gasteiger partial charge in [-0.25, -0.2) is 4.98 Å². The fourth-order valence-corrected chi connectivity index (χ4v) is 2.85. The van der Waals surface area contributed by atoms with Crippen molar-refractivity contribution in [1.29, 1.82) is 0 Å². The van der Waals surface area contributed by atoms with Gasteiger partial charge in [-0.1, -0.05) is 19.1 Å². The van der Waals surface area contributed by atoms with Crippen LogP contribution in [0.15, 0.2) is 29.6 Å². The van der Waals surface area contributed by atoms with E-state index in [0.717, 1.165) is 28.5 Å². The molecular formula is C16H20ClN3OS. The van der Waals surface area contributed by atoms with E-state index in [9.17, 15) is 4.79 Å². The molecule has 1 saturated carbocycles. The van der Waals surface area contributed by atoms with Gasteiger partial charge in [-0.05, 0) is 31.4 Å². The van der Waals surface area contributed by atoms with Crippen LogP contribution in [0.3, 0.4) is 0 Å². The van der Waals surface area contributed by atoms with Crippen LogP contribution in [0.2, 0.25) is 0 Å². The number of thiazole rings is 1. The number of carbonyl (C=O) groups excluding carboxylic acids is 1. The van der Waals surface area contributed by atoms with Crippen molar-refractivity contribution < 1.29 is 4.79 Å². The molecular weight excluding hydrogens is 318 g/mol. The zero-order valence-electron chi connectivity index (χ0n) is 12.5. The molecule has 6 heteroatoms. The molecule has 0 bridgehead atoms. The molecule has 2 aromatic rings. The van der Waals surface area contributed by atoms with Crippen LogP contribution in [-0.4, -0.2) is 16.9 Å².